The van der Waals surface area contributed by atoms with Crippen molar-refractivity contribution < 1.29 is 18.7 Å². The number of rotatable bonds is 5. The number of halogens is 1. The zero-order chi connectivity index (χ0) is 19.5. The minimum absolute atomic E-state index is 0.00123. The average Bonchev–Trinajstić information content (AvgIpc) is 3.34. The highest BCUT2D eigenvalue weighted by Gasteiger charge is 2.28. The van der Waals surface area contributed by atoms with E-state index in [1.54, 1.807) is 16.8 Å². The summed E-state index contributed by atoms with van der Waals surface area (Å²) < 4.78 is 19.8. The van der Waals surface area contributed by atoms with Gasteiger partial charge in [0.25, 0.3) is 0 Å². The summed E-state index contributed by atoms with van der Waals surface area (Å²) in [5.41, 5.74) is 2.99. The molecule has 1 aliphatic rings. The zero-order valence-electron chi connectivity index (χ0n) is 14.8. The second-order valence-electron chi connectivity index (χ2n) is 6.30. The summed E-state index contributed by atoms with van der Waals surface area (Å²) in [6.07, 6.45) is 1.21. The van der Waals surface area contributed by atoms with E-state index in [9.17, 15) is 14.0 Å². The molecule has 2 amide bonds. The van der Waals surface area contributed by atoms with E-state index < -0.39 is 12.1 Å². The van der Waals surface area contributed by atoms with Crippen LogP contribution in [0.25, 0.3) is 16.9 Å². The topological polar surface area (TPSA) is 85.3 Å². The van der Waals surface area contributed by atoms with Crippen LogP contribution in [0.4, 0.5) is 9.18 Å². The van der Waals surface area contributed by atoms with Gasteiger partial charge in [-0.3, -0.25) is 4.79 Å². The fourth-order valence-corrected chi connectivity index (χ4v) is 2.93. The number of benzene rings is 2. The van der Waals surface area contributed by atoms with Crippen molar-refractivity contribution in [3.05, 3.63) is 72.2 Å². The first-order chi connectivity index (χ1) is 13.6. The number of nitrogens with one attached hydrogen (secondary N) is 2. The fourth-order valence-electron chi connectivity index (χ4n) is 2.93. The van der Waals surface area contributed by atoms with Crippen LogP contribution >= 0.6 is 0 Å². The lowest BCUT2D eigenvalue weighted by Crippen LogP contribution is -2.42. The number of aromatic nitrogens is 2. The predicted octanol–water partition coefficient (Wildman–Crippen LogP) is 2.40. The molecule has 0 unspecified atom stereocenters. The molecule has 4 rings (SSSR count). The molecule has 0 bridgehead atoms. The molecule has 0 aliphatic carbocycles. The van der Waals surface area contributed by atoms with Gasteiger partial charge < -0.3 is 15.4 Å². The van der Waals surface area contributed by atoms with Crippen molar-refractivity contribution in [2.75, 3.05) is 6.61 Å². The van der Waals surface area contributed by atoms with Crippen LogP contribution in [0.1, 0.15) is 5.56 Å². The van der Waals surface area contributed by atoms with E-state index in [1.807, 2.05) is 36.5 Å². The Morgan fingerprint density at radius 3 is 2.64 bits per heavy atom. The average molecular weight is 380 g/mol. The molecule has 2 aromatic carbocycles. The Morgan fingerprint density at radius 2 is 1.96 bits per heavy atom. The van der Waals surface area contributed by atoms with Gasteiger partial charge in [-0.05, 0) is 36.4 Å². The van der Waals surface area contributed by atoms with E-state index in [0.29, 0.717) is 5.69 Å². The first kappa shape index (κ1) is 17.7. The van der Waals surface area contributed by atoms with Gasteiger partial charge in [-0.2, -0.15) is 5.10 Å². The molecule has 0 spiro atoms. The maximum Gasteiger partial charge on any atom is 0.407 e. The Morgan fingerprint density at radius 1 is 1.21 bits per heavy atom. The zero-order valence-corrected chi connectivity index (χ0v) is 14.8. The molecular weight excluding hydrogens is 363 g/mol. The second kappa shape index (κ2) is 7.51. The van der Waals surface area contributed by atoms with Gasteiger partial charge in [-0.15, -0.1) is 0 Å². The van der Waals surface area contributed by atoms with Crippen molar-refractivity contribution in [3.63, 3.8) is 0 Å². The van der Waals surface area contributed by atoms with E-state index in [-0.39, 0.29) is 24.9 Å². The lowest BCUT2D eigenvalue weighted by atomic mass is 10.1. The standard InChI is InChI=1S/C20H17FN4O3/c21-15-8-6-13(7-9-15)18-14(10-22-19(26)17-12-28-20(27)23-17)11-25(24-18)16-4-2-1-3-5-16/h1-9,11,17H,10,12H2,(H,22,26)(H,23,27)/t17-/m1/s1. The van der Waals surface area contributed by atoms with Crippen LogP contribution in [0.15, 0.2) is 60.8 Å². The molecule has 3 aromatic rings. The number of ether oxygens (including phenoxy) is 1. The highest BCUT2D eigenvalue weighted by Crippen LogP contribution is 2.24. The number of hydrogen-bond donors (Lipinski definition) is 2. The van der Waals surface area contributed by atoms with Crippen LogP contribution < -0.4 is 10.6 Å². The lowest BCUT2D eigenvalue weighted by Gasteiger charge is -2.09. The summed E-state index contributed by atoms with van der Waals surface area (Å²) in [5, 5.41) is 9.84. The van der Waals surface area contributed by atoms with E-state index >= 15 is 0 Å². The van der Waals surface area contributed by atoms with Crippen molar-refractivity contribution >= 4 is 12.0 Å². The third-order valence-corrected chi connectivity index (χ3v) is 4.37. The summed E-state index contributed by atoms with van der Waals surface area (Å²) in [5.74, 6) is -0.679. The second-order valence-corrected chi connectivity index (χ2v) is 6.30. The summed E-state index contributed by atoms with van der Waals surface area (Å²) in [7, 11) is 0. The quantitative estimate of drug-likeness (QED) is 0.712. The van der Waals surface area contributed by atoms with E-state index in [0.717, 1.165) is 16.8 Å². The molecule has 1 aliphatic heterocycles. The van der Waals surface area contributed by atoms with Crippen LogP contribution in [0.5, 0.6) is 0 Å². The summed E-state index contributed by atoms with van der Waals surface area (Å²) in [6.45, 7) is 0.198. The molecule has 7 nitrogen and oxygen atoms in total. The van der Waals surface area contributed by atoms with Gasteiger partial charge in [-0.25, -0.2) is 13.9 Å². The number of carbonyl (C=O) groups is 2. The predicted molar refractivity (Wildman–Crippen MR) is 99.1 cm³/mol. The Bertz CT molecular complexity index is 1000. The molecule has 1 saturated heterocycles. The normalized spacial score (nSPS) is 15.8. The SMILES string of the molecule is O=C1N[C@@H](C(=O)NCc2cn(-c3ccccc3)nc2-c2ccc(F)cc2)CO1. The number of para-hydroxylation sites is 1. The van der Waals surface area contributed by atoms with Crippen molar-refractivity contribution in [2.45, 2.75) is 12.6 Å². The molecule has 1 fully saturated rings. The molecule has 1 aromatic heterocycles. The number of nitrogens with zero attached hydrogens (tertiary/aromatic N) is 2. The van der Waals surface area contributed by atoms with Gasteiger partial charge in [0, 0.05) is 23.9 Å². The molecule has 2 heterocycles. The van der Waals surface area contributed by atoms with Gasteiger partial charge in [0.15, 0.2) is 0 Å². The summed E-state index contributed by atoms with van der Waals surface area (Å²) >= 11 is 0. The van der Waals surface area contributed by atoms with Gasteiger partial charge in [0.1, 0.15) is 18.5 Å². The number of amides is 2. The lowest BCUT2D eigenvalue weighted by molar-refractivity contribution is -0.122. The van der Waals surface area contributed by atoms with Gasteiger partial charge in [0.05, 0.1) is 11.4 Å². The molecule has 142 valence electrons. The smallest absolute Gasteiger partial charge is 0.407 e. The van der Waals surface area contributed by atoms with Crippen LogP contribution in [0, 0.1) is 5.82 Å². The number of carbonyl (C=O) groups excluding carboxylic acids is 2. The molecule has 8 heteroatoms. The van der Waals surface area contributed by atoms with Crippen molar-refractivity contribution in [2.24, 2.45) is 0 Å². The number of hydrogen-bond acceptors (Lipinski definition) is 4. The minimum atomic E-state index is -0.717. The van der Waals surface area contributed by atoms with Crippen LogP contribution in [-0.2, 0) is 16.1 Å². The molecule has 2 N–H and O–H groups in total. The monoisotopic (exact) mass is 380 g/mol. The van der Waals surface area contributed by atoms with Gasteiger partial charge >= 0.3 is 6.09 Å². The van der Waals surface area contributed by atoms with Crippen LogP contribution in [0.3, 0.4) is 0 Å². The molecule has 1 atom stereocenters. The van der Waals surface area contributed by atoms with E-state index in [1.165, 1.54) is 12.1 Å². The highest BCUT2D eigenvalue weighted by atomic mass is 19.1. The highest BCUT2D eigenvalue weighted by molar-refractivity contribution is 5.87. The van der Waals surface area contributed by atoms with E-state index in [4.69, 9.17) is 4.74 Å². The minimum Gasteiger partial charge on any atom is -0.447 e. The van der Waals surface area contributed by atoms with Gasteiger partial charge in [-0.1, -0.05) is 18.2 Å². The maximum absolute atomic E-state index is 13.3. The molecule has 28 heavy (non-hydrogen) atoms. The van der Waals surface area contributed by atoms with Crippen LogP contribution in [0.2, 0.25) is 0 Å². The summed E-state index contributed by atoms with van der Waals surface area (Å²) in [4.78, 5) is 23.4. The maximum atomic E-state index is 13.3. The third-order valence-electron chi connectivity index (χ3n) is 4.37. The molecular formula is C20H17FN4O3. The Hall–Kier alpha value is -3.68. The van der Waals surface area contributed by atoms with Crippen LogP contribution in [-0.4, -0.2) is 34.4 Å². The number of cyclic esters (lactones) is 1. The molecule has 0 radical (unpaired) electrons. The Balaban J connectivity index is 1.60. The first-order valence-electron chi connectivity index (χ1n) is 8.71. The largest absolute Gasteiger partial charge is 0.447 e. The number of alkyl carbamates (subject to hydrolysis) is 1. The Kier molecular flexibility index (Phi) is 4.76. The van der Waals surface area contributed by atoms with E-state index in [2.05, 4.69) is 15.7 Å². The van der Waals surface area contributed by atoms with Gasteiger partial charge in [0.2, 0.25) is 5.91 Å². The summed E-state index contributed by atoms with van der Waals surface area (Å²) in [6, 6.07) is 14.8. The Labute approximate surface area is 160 Å². The molecule has 0 saturated carbocycles. The first-order valence-corrected chi connectivity index (χ1v) is 8.71. The fraction of sp³-hybridized carbons (Fsp3) is 0.150. The van der Waals surface area contributed by atoms with Crippen molar-refractivity contribution in [1.29, 1.82) is 0 Å². The van der Waals surface area contributed by atoms with Crippen molar-refractivity contribution in [1.82, 2.24) is 20.4 Å². The third kappa shape index (κ3) is 3.71. The van der Waals surface area contributed by atoms with Crippen molar-refractivity contribution in [3.8, 4) is 16.9 Å².